The van der Waals surface area contributed by atoms with Gasteiger partial charge >= 0.3 is 0 Å². The van der Waals surface area contributed by atoms with Crippen molar-refractivity contribution in [2.45, 2.75) is 51.7 Å². The lowest BCUT2D eigenvalue weighted by molar-refractivity contribution is -0.129. The predicted molar refractivity (Wildman–Crippen MR) is 88.7 cm³/mol. The number of aliphatic hydroxyl groups is 1. The van der Waals surface area contributed by atoms with Crippen LogP contribution in [-0.2, 0) is 9.59 Å². The van der Waals surface area contributed by atoms with Gasteiger partial charge in [0.25, 0.3) is 0 Å². The standard InChI is InChI=1S/C18H26N2O3/c1-12-7-3-6-10-15(12)16(22)11-19-18(23)17(20-13(2)21)14-8-4-5-9-14/h3,6-7,10,14,16-17,22H,4-5,8-9,11H2,1-2H3,(H,19,23)(H,20,21)/t16-,17+/m0/s1. The van der Waals surface area contributed by atoms with Crippen LogP contribution < -0.4 is 10.6 Å². The van der Waals surface area contributed by atoms with Crippen LogP contribution in [0.2, 0.25) is 0 Å². The Morgan fingerprint density at radius 3 is 2.52 bits per heavy atom. The topological polar surface area (TPSA) is 78.4 Å². The molecule has 126 valence electrons. The van der Waals surface area contributed by atoms with Crippen molar-refractivity contribution >= 4 is 11.8 Å². The molecule has 1 aromatic carbocycles. The summed E-state index contributed by atoms with van der Waals surface area (Å²) in [7, 11) is 0. The van der Waals surface area contributed by atoms with Crippen molar-refractivity contribution in [2.75, 3.05) is 6.54 Å². The van der Waals surface area contributed by atoms with E-state index >= 15 is 0 Å². The van der Waals surface area contributed by atoms with Gasteiger partial charge in [-0.3, -0.25) is 9.59 Å². The molecule has 0 spiro atoms. The summed E-state index contributed by atoms with van der Waals surface area (Å²) in [5.74, 6) is -0.217. The normalized spacial score (nSPS) is 17.5. The lowest BCUT2D eigenvalue weighted by Crippen LogP contribution is -2.50. The van der Waals surface area contributed by atoms with E-state index in [2.05, 4.69) is 10.6 Å². The smallest absolute Gasteiger partial charge is 0.242 e. The number of benzene rings is 1. The van der Waals surface area contributed by atoms with Crippen molar-refractivity contribution in [3.8, 4) is 0 Å². The molecule has 1 saturated carbocycles. The molecule has 3 N–H and O–H groups in total. The molecule has 1 aromatic rings. The van der Waals surface area contributed by atoms with Crippen molar-refractivity contribution in [3.63, 3.8) is 0 Å². The number of rotatable bonds is 6. The fourth-order valence-corrected chi connectivity index (χ4v) is 3.29. The second kappa shape index (κ2) is 8.11. The van der Waals surface area contributed by atoms with E-state index in [0.29, 0.717) is 0 Å². The SMILES string of the molecule is CC(=O)N[C@@H](C(=O)NC[C@H](O)c1ccccc1C)C1CCCC1. The monoisotopic (exact) mass is 318 g/mol. The minimum atomic E-state index is -0.748. The summed E-state index contributed by atoms with van der Waals surface area (Å²) in [5, 5.41) is 15.8. The highest BCUT2D eigenvalue weighted by Gasteiger charge is 2.31. The van der Waals surface area contributed by atoms with Gasteiger partial charge in [0.15, 0.2) is 0 Å². The van der Waals surface area contributed by atoms with Crippen LogP contribution in [0, 0.1) is 12.8 Å². The van der Waals surface area contributed by atoms with E-state index in [-0.39, 0.29) is 24.3 Å². The summed E-state index contributed by atoms with van der Waals surface area (Å²) in [4.78, 5) is 23.8. The average Bonchev–Trinajstić information content (AvgIpc) is 3.04. The minimum Gasteiger partial charge on any atom is -0.387 e. The number of amides is 2. The van der Waals surface area contributed by atoms with E-state index in [9.17, 15) is 14.7 Å². The van der Waals surface area contributed by atoms with Crippen LogP contribution >= 0.6 is 0 Å². The molecule has 0 aromatic heterocycles. The Bertz CT molecular complexity index is 553. The zero-order valence-electron chi connectivity index (χ0n) is 13.8. The zero-order valence-corrected chi connectivity index (χ0v) is 13.8. The molecule has 23 heavy (non-hydrogen) atoms. The molecule has 2 rings (SSSR count). The molecular weight excluding hydrogens is 292 g/mol. The van der Waals surface area contributed by atoms with Gasteiger partial charge in [-0.1, -0.05) is 37.1 Å². The molecule has 1 aliphatic rings. The predicted octanol–water partition coefficient (Wildman–Crippen LogP) is 1.84. The number of hydrogen-bond donors (Lipinski definition) is 3. The van der Waals surface area contributed by atoms with Gasteiger partial charge in [-0.25, -0.2) is 0 Å². The van der Waals surface area contributed by atoms with Gasteiger partial charge < -0.3 is 15.7 Å². The van der Waals surface area contributed by atoms with Crippen LogP contribution in [0.25, 0.3) is 0 Å². The van der Waals surface area contributed by atoms with Crippen LogP contribution in [0.15, 0.2) is 24.3 Å². The number of nitrogens with one attached hydrogen (secondary N) is 2. The Balaban J connectivity index is 1.95. The van der Waals surface area contributed by atoms with Crippen LogP contribution in [0.3, 0.4) is 0 Å². The van der Waals surface area contributed by atoms with E-state index in [4.69, 9.17) is 0 Å². The maximum atomic E-state index is 12.4. The van der Waals surface area contributed by atoms with Crippen molar-refractivity contribution < 1.29 is 14.7 Å². The fraction of sp³-hybridized carbons (Fsp3) is 0.556. The van der Waals surface area contributed by atoms with E-state index in [1.54, 1.807) is 0 Å². The summed E-state index contributed by atoms with van der Waals surface area (Å²) in [6, 6.07) is 7.07. The highest BCUT2D eigenvalue weighted by molar-refractivity contribution is 5.87. The lowest BCUT2D eigenvalue weighted by Gasteiger charge is -2.24. The maximum absolute atomic E-state index is 12.4. The molecule has 0 heterocycles. The third-order valence-electron chi connectivity index (χ3n) is 4.53. The van der Waals surface area contributed by atoms with E-state index in [1.165, 1.54) is 6.92 Å². The fourth-order valence-electron chi connectivity index (χ4n) is 3.29. The van der Waals surface area contributed by atoms with Crippen molar-refractivity contribution in [3.05, 3.63) is 35.4 Å². The van der Waals surface area contributed by atoms with Crippen molar-refractivity contribution in [2.24, 2.45) is 5.92 Å². The lowest BCUT2D eigenvalue weighted by atomic mass is 9.97. The Labute approximate surface area is 137 Å². The first-order valence-electron chi connectivity index (χ1n) is 8.27. The van der Waals surface area contributed by atoms with Crippen molar-refractivity contribution in [1.82, 2.24) is 10.6 Å². The molecule has 0 unspecified atom stereocenters. The number of hydrogen-bond acceptors (Lipinski definition) is 3. The molecule has 0 saturated heterocycles. The molecule has 1 aliphatic carbocycles. The van der Waals surface area contributed by atoms with Crippen LogP contribution in [0.4, 0.5) is 0 Å². The van der Waals surface area contributed by atoms with Gasteiger partial charge in [0.2, 0.25) is 11.8 Å². The molecule has 5 heteroatoms. The second-order valence-corrected chi connectivity index (χ2v) is 6.34. The van der Waals surface area contributed by atoms with Gasteiger partial charge in [-0.2, -0.15) is 0 Å². The first kappa shape index (κ1) is 17.5. The number of aliphatic hydroxyl groups excluding tert-OH is 1. The summed E-state index contributed by atoms with van der Waals surface area (Å²) in [5.41, 5.74) is 1.80. The Hall–Kier alpha value is -1.88. The highest BCUT2D eigenvalue weighted by Crippen LogP contribution is 2.28. The molecule has 2 atom stereocenters. The minimum absolute atomic E-state index is 0.145. The third-order valence-corrected chi connectivity index (χ3v) is 4.53. The summed E-state index contributed by atoms with van der Waals surface area (Å²) < 4.78 is 0. The van der Waals surface area contributed by atoms with Gasteiger partial charge in [0.1, 0.15) is 6.04 Å². The van der Waals surface area contributed by atoms with Crippen LogP contribution in [0.1, 0.15) is 49.8 Å². The largest absolute Gasteiger partial charge is 0.387 e. The van der Waals surface area contributed by atoms with Gasteiger partial charge in [-0.05, 0) is 36.8 Å². The zero-order chi connectivity index (χ0) is 16.8. The van der Waals surface area contributed by atoms with E-state index in [0.717, 1.165) is 36.8 Å². The summed E-state index contributed by atoms with van der Waals surface area (Å²) in [6.45, 7) is 3.50. The molecule has 1 fully saturated rings. The van der Waals surface area contributed by atoms with Crippen molar-refractivity contribution in [1.29, 1.82) is 0 Å². The van der Waals surface area contributed by atoms with Gasteiger partial charge in [0, 0.05) is 13.5 Å². The number of carbonyl (C=O) groups excluding carboxylic acids is 2. The van der Waals surface area contributed by atoms with E-state index in [1.807, 2.05) is 31.2 Å². The summed E-state index contributed by atoms with van der Waals surface area (Å²) in [6.07, 6.45) is 3.36. The first-order chi connectivity index (χ1) is 11.0. The Morgan fingerprint density at radius 1 is 1.26 bits per heavy atom. The maximum Gasteiger partial charge on any atom is 0.242 e. The van der Waals surface area contributed by atoms with Crippen LogP contribution in [-0.4, -0.2) is 29.5 Å². The Morgan fingerprint density at radius 2 is 1.91 bits per heavy atom. The van der Waals surface area contributed by atoms with Gasteiger partial charge in [-0.15, -0.1) is 0 Å². The second-order valence-electron chi connectivity index (χ2n) is 6.34. The Kier molecular flexibility index (Phi) is 6.16. The highest BCUT2D eigenvalue weighted by atomic mass is 16.3. The summed E-state index contributed by atoms with van der Waals surface area (Å²) >= 11 is 0. The third kappa shape index (κ3) is 4.79. The average molecular weight is 318 g/mol. The molecular formula is C18H26N2O3. The molecule has 2 amide bonds. The van der Waals surface area contributed by atoms with Gasteiger partial charge in [0.05, 0.1) is 6.10 Å². The molecule has 0 bridgehead atoms. The molecule has 0 aliphatic heterocycles. The number of aryl methyl sites for hydroxylation is 1. The first-order valence-corrected chi connectivity index (χ1v) is 8.27. The molecule has 5 nitrogen and oxygen atoms in total. The quantitative estimate of drug-likeness (QED) is 0.749. The molecule has 0 radical (unpaired) electrons. The van der Waals surface area contributed by atoms with Crippen LogP contribution in [0.5, 0.6) is 0 Å². The number of carbonyl (C=O) groups is 2. The van der Waals surface area contributed by atoms with E-state index < -0.39 is 12.1 Å².